The van der Waals surface area contributed by atoms with Crippen LogP contribution in [0.4, 0.5) is 0 Å². The van der Waals surface area contributed by atoms with E-state index in [2.05, 4.69) is 37.5 Å². The average Bonchev–Trinajstić information content (AvgIpc) is 4.09. The van der Waals surface area contributed by atoms with Crippen molar-refractivity contribution in [2.45, 2.75) is 133 Å². The van der Waals surface area contributed by atoms with Gasteiger partial charge in [0, 0.05) is 10.8 Å². The Labute approximate surface area is 339 Å². The molecule has 2 aromatic carbocycles. The molecule has 5 aliphatic heterocycles. The molecule has 0 unspecified atom stereocenters. The molecule has 0 radical (unpaired) electrons. The highest BCUT2D eigenvalue weighted by Gasteiger charge is 2.68. The molecule has 5 saturated heterocycles. The molecule has 8 aliphatic rings. The maximum atomic E-state index is 13.4. The zero-order valence-electron chi connectivity index (χ0n) is 33.5. The molecule has 2 amide bonds. The number of furan rings is 2. The van der Waals surface area contributed by atoms with E-state index in [9.17, 15) is 19.6 Å². The SMILES string of the molecule is CC1(C)[C@@H]2C[C@H]3OB([C@H](Cc4coc5ccccc45)NC(=O)[C@@H]4C[C@H]5CC[C@@H]4O5)O[C@@]3(C)[C@H]1C2.O=C(N[C@@H](Cc1coc2ccccc12)B(O)O)[C@@H]1C[C@H]2CC[C@@H]1O2. The third-order valence-electron chi connectivity index (χ3n) is 15.2. The quantitative estimate of drug-likeness (QED) is 0.155. The summed E-state index contributed by atoms with van der Waals surface area (Å²) in [5.74, 6) is -0.240. The second-order valence-electron chi connectivity index (χ2n) is 18.8. The smallest absolute Gasteiger partial charge is 0.464 e. The number of hydrogen-bond donors (Lipinski definition) is 4. The molecule has 4 aromatic rings. The molecule has 2 aromatic heterocycles. The van der Waals surface area contributed by atoms with Crippen LogP contribution in [0.5, 0.6) is 0 Å². The summed E-state index contributed by atoms with van der Waals surface area (Å²) in [5, 5.41) is 27.5. The number of hydrogen-bond acceptors (Lipinski definition) is 10. The van der Waals surface area contributed by atoms with Crippen LogP contribution in [0.1, 0.15) is 83.3 Å². The van der Waals surface area contributed by atoms with Crippen LogP contribution in [0.25, 0.3) is 21.9 Å². The third kappa shape index (κ3) is 6.72. The van der Waals surface area contributed by atoms with Gasteiger partial charge in [-0.1, -0.05) is 50.2 Å². The van der Waals surface area contributed by atoms with Gasteiger partial charge in [0.15, 0.2) is 0 Å². The second kappa shape index (κ2) is 14.8. The van der Waals surface area contributed by atoms with Gasteiger partial charge in [-0.2, -0.15) is 0 Å². The van der Waals surface area contributed by atoms with Gasteiger partial charge in [0.2, 0.25) is 11.8 Å². The molecule has 12 atom stereocenters. The number of amides is 2. The van der Waals surface area contributed by atoms with E-state index in [1.54, 1.807) is 6.26 Å². The first-order valence-electron chi connectivity index (χ1n) is 21.5. The summed E-state index contributed by atoms with van der Waals surface area (Å²) in [6.07, 6.45) is 12.6. The minimum absolute atomic E-state index is 0.0266. The van der Waals surface area contributed by atoms with Crippen LogP contribution in [-0.4, -0.2) is 84.1 Å². The fraction of sp³-hybridized carbons (Fsp3) is 0.591. The Kier molecular flexibility index (Phi) is 9.84. The van der Waals surface area contributed by atoms with E-state index in [4.69, 9.17) is 27.6 Å². The molecule has 58 heavy (non-hydrogen) atoms. The number of carbonyl (C=O) groups excluding carboxylic acids is 2. The summed E-state index contributed by atoms with van der Waals surface area (Å²) in [6.45, 7) is 6.97. The lowest BCUT2D eigenvalue weighted by molar-refractivity contribution is -0.199. The summed E-state index contributed by atoms with van der Waals surface area (Å²) in [7, 11) is -2.11. The van der Waals surface area contributed by atoms with Crippen molar-refractivity contribution in [1.29, 1.82) is 0 Å². The first-order chi connectivity index (χ1) is 27.9. The summed E-state index contributed by atoms with van der Waals surface area (Å²) in [5.41, 5.74) is 3.49. The van der Waals surface area contributed by atoms with Gasteiger partial charge < -0.3 is 48.3 Å². The second-order valence-corrected chi connectivity index (χ2v) is 18.8. The highest BCUT2D eigenvalue weighted by atomic mass is 16.7. The maximum Gasteiger partial charge on any atom is 0.482 e. The van der Waals surface area contributed by atoms with Crippen molar-refractivity contribution >= 4 is 48.0 Å². The molecule has 14 heteroatoms. The number of fused-ring (bicyclic) bond motifs is 6. The van der Waals surface area contributed by atoms with Crippen molar-refractivity contribution in [3.8, 4) is 0 Å². The predicted molar refractivity (Wildman–Crippen MR) is 216 cm³/mol. The molecule has 7 heterocycles. The van der Waals surface area contributed by atoms with E-state index >= 15 is 0 Å². The number of carbonyl (C=O) groups is 2. The van der Waals surface area contributed by atoms with Crippen molar-refractivity contribution in [2.75, 3.05) is 0 Å². The van der Waals surface area contributed by atoms with Gasteiger partial charge in [-0.25, -0.2) is 0 Å². The van der Waals surface area contributed by atoms with E-state index in [0.29, 0.717) is 24.7 Å². The molecular weight excluding hydrogens is 738 g/mol. The minimum Gasteiger partial charge on any atom is -0.464 e. The molecule has 306 valence electrons. The van der Waals surface area contributed by atoms with E-state index < -0.39 is 20.2 Å². The highest BCUT2D eigenvalue weighted by molar-refractivity contribution is 6.48. The van der Waals surface area contributed by atoms with Gasteiger partial charge in [-0.05, 0) is 112 Å². The van der Waals surface area contributed by atoms with Gasteiger partial charge in [0.05, 0.1) is 72.4 Å². The van der Waals surface area contributed by atoms with Crippen molar-refractivity contribution in [1.82, 2.24) is 10.6 Å². The van der Waals surface area contributed by atoms with Gasteiger partial charge in [0.25, 0.3) is 0 Å². The Morgan fingerprint density at radius 2 is 1.34 bits per heavy atom. The van der Waals surface area contributed by atoms with Crippen LogP contribution >= 0.6 is 0 Å². The topological polar surface area (TPSA) is 162 Å². The average molecular weight is 793 g/mol. The van der Waals surface area contributed by atoms with Gasteiger partial charge in [0.1, 0.15) is 11.2 Å². The summed E-state index contributed by atoms with van der Waals surface area (Å²) < 4.78 is 36.4. The summed E-state index contributed by atoms with van der Waals surface area (Å²) >= 11 is 0. The lowest BCUT2D eigenvalue weighted by Gasteiger charge is -2.64. The number of para-hydroxylation sites is 2. The Hall–Kier alpha value is -3.65. The van der Waals surface area contributed by atoms with Crippen molar-refractivity contribution in [2.24, 2.45) is 29.1 Å². The number of rotatable bonds is 10. The number of ether oxygens (including phenoxy) is 2. The zero-order chi connectivity index (χ0) is 39.9. The third-order valence-corrected chi connectivity index (χ3v) is 15.2. The highest BCUT2D eigenvalue weighted by Crippen LogP contribution is 2.65. The summed E-state index contributed by atoms with van der Waals surface area (Å²) in [6, 6.07) is 15.6. The lowest BCUT2D eigenvalue weighted by atomic mass is 9.43. The van der Waals surface area contributed by atoms with Gasteiger partial charge in [-0.15, -0.1) is 0 Å². The summed E-state index contributed by atoms with van der Waals surface area (Å²) in [4.78, 5) is 25.9. The van der Waals surface area contributed by atoms with Crippen molar-refractivity contribution < 1.29 is 47.3 Å². The first-order valence-corrected chi connectivity index (χ1v) is 21.5. The van der Waals surface area contributed by atoms with Crippen LogP contribution in [0.15, 0.2) is 69.9 Å². The normalized spacial score (nSPS) is 34.6. The first kappa shape index (κ1) is 38.5. The number of benzene rings is 2. The Morgan fingerprint density at radius 3 is 1.88 bits per heavy atom. The van der Waals surface area contributed by atoms with Gasteiger partial charge in [-0.3, -0.25) is 9.59 Å². The number of nitrogens with one attached hydrogen (secondary N) is 2. The molecule has 3 saturated carbocycles. The van der Waals surface area contributed by atoms with E-state index in [-0.39, 0.29) is 71.1 Å². The van der Waals surface area contributed by atoms with Crippen LogP contribution in [0.3, 0.4) is 0 Å². The van der Waals surface area contributed by atoms with Crippen LogP contribution in [0.2, 0.25) is 0 Å². The molecule has 4 N–H and O–H groups in total. The standard InChI is InChI=1S/C27H34BNO5.C17H20BNO5/c1-26(2)16-11-22(26)27(3)23(12-16)33-28(34-27)24(10-15-14-31-20-7-5-4-6-18(15)20)29-25(30)19-13-17-8-9-21(19)32-17;20-17(13-8-11-5-6-15(13)24-11)19-16(18(21)22)7-10-9-23-14-4-2-1-3-12(10)14/h4-7,14,16-17,19,21-24H,8-13H2,1-3H3,(H,29,30);1-4,9,11,13,15-16,21-22H,5-8H2,(H,19,20)/t16-,17+,19+,21-,22-,23+,24-,27-;11-,13-,15+,16+/m01/s1. The van der Waals surface area contributed by atoms with Gasteiger partial charge >= 0.3 is 14.2 Å². The Balaban J connectivity index is 0.000000150. The molecule has 6 bridgehead atoms. The van der Waals surface area contributed by atoms with Crippen LogP contribution in [-0.2, 0) is 41.2 Å². The molecule has 12 rings (SSSR count). The van der Waals surface area contributed by atoms with Crippen molar-refractivity contribution in [3.05, 3.63) is 72.2 Å². The van der Waals surface area contributed by atoms with E-state index in [1.165, 1.54) is 6.42 Å². The van der Waals surface area contributed by atoms with Crippen LogP contribution in [0, 0.1) is 29.1 Å². The van der Waals surface area contributed by atoms with E-state index in [0.717, 1.165) is 78.0 Å². The Morgan fingerprint density at radius 1 is 0.776 bits per heavy atom. The molecule has 0 spiro atoms. The molecular formula is C44H54B2N2O10. The maximum absolute atomic E-state index is 13.4. The lowest BCUT2D eigenvalue weighted by Crippen LogP contribution is -2.65. The monoisotopic (exact) mass is 792 g/mol. The largest absolute Gasteiger partial charge is 0.482 e. The van der Waals surface area contributed by atoms with Crippen molar-refractivity contribution in [3.63, 3.8) is 0 Å². The fourth-order valence-corrected chi connectivity index (χ4v) is 11.8. The molecule has 8 fully saturated rings. The molecule has 3 aliphatic carbocycles. The Bertz CT molecular complexity index is 2170. The minimum atomic E-state index is -1.64. The molecule has 12 nitrogen and oxygen atoms in total. The fourth-order valence-electron chi connectivity index (χ4n) is 11.8. The van der Waals surface area contributed by atoms with E-state index in [1.807, 2.05) is 48.7 Å². The predicted octanol–water partition coefficient (Wildman–Crippen LogP) is 5.33. The van der Waals surface area contributed by atoms with Crippen LogP contribution < -0.4 is 10.6 Å². The zero-order valence-corrected chi connectivity index (χ0v) is 33.5.